The second-order valence-electron chi connectivity index (χ2n) is 4.51. The van der Waals surface area contributed by atoms with E-state index in [2.05, 4.69) is 65.3 Å². The average molecular weight is 336 g/mol. The summed E-state index contributed by atoms with van der Waals surface area (Å²) in [5.74, 6) is 1.01. The smallest absolute Gasteiger partial charge is 0.0234 e. The highest BCUT2D eigenvalue weighted by atomic mass is 79.9. The summed E-state index contributed by atoms with van der Waals surface area (Å²) < 4.78 is 1.16. The van der Waals surface area contributed by atoms with Crippen molar-refractivity contribution in [2.24, 2.45) is 5.73 Å². The van der Waals surface area contributed by atoms with Crippen LogP contribution in [0, 0.1) is 6.92 Å². The van der Waals surface area contributed by atoms with E-state index in [-0.39, 0.29) is 0 Å². The molecule has 0 radical (unpaired) electrons. The highest BCUT2D eigenvalue weighted by Gasteiger charge is 2.03. The van der Waals surface area contributed by atoms with Gasteiger partial charge in [0.15, 0.2) is 0 Å². The zero-order valence-corrected chi connectivity index (χ0v) is 13.4. The van der Waals surface area contributed by atoms with E-state index in [0.717, 1.165) is 16.6 Å². The molecule has 0 saturated heterocycles. The summed E-state index contributed by atoms with van der Waals surface area (Å²) in [6.07, 6.45) is 0.920. The third-order valence-corrected chi connectivity index (χ3v) is 4.87. The third-order valence-electron chi connectivity index (χ3n) is 3.09. The van der Waals surface area contributed by atoms with Gasteiger partial charge in [0.2, 0.25) is 0 Å². The van der Waals surface area contributed by atoms with Gasteiger partial charge in [0, 0.05) is 15.1 Å². The molecule has 3 heteroatoms. The number of rotatable bonds is 5. The van der Waals surface area contributed by atoms with Crippen LogP contribution in [-0.2, 0) is 12.2 Å². The Balaban J connectivity index is 2.04. The maximum Gasteiger partial charge on any atom is 0.0234 e. The number of halogens is 1. The van der Waals surface area contributed by atoms with Crippen LogP contribution >= 0.6 is 27.7 Å². The number of hydrogen-bond acceptors (Lipinski definition) is 2. The zero-order valence-electron chi connectivity index (χ0n) is 11.0. The van der Waals surface area contributed by atoms with Gasteiger partial charge >= 0.3 is 0 Å². The minimum Gasteiger partial charge on any atom is -0.330 e. The molecule has 0 amide bonds. The SMILES string of the molecule is Cc1ccccc1CSc1ccc(CCN)c(Br)c1. The fourth-order valence-electron chi connectivity index (χ4n) is 1.91. The molecular weight excluding hydrogens is 318 g/mol. The lowest BCUT2D eigenvalue weighted by atomic mass is 10.1. The van der Waals surface area contributed by atoms with Gasteiger partial charge < -0.3 is 5.73 Å². The molecule has 0 spiro atoms. The predicted molar refractivity (Wildman–Crippen MR) is 87.6 cm³/mol. The highest BCUT2D eigenvalue weighted by Crippen LogP contribution is 2.28. The molecule has 0 unspecified atom stereocenters. The van der Waals surface area contributed by atoms with Gasteiger partial charge in [-0.05, 0) is 48.7 Å². The molecular formula is C16H18BrNS. The van der Waals surface area contributed by atoms with Crippen LogP contribution < -0.4 is 5.73 Å². The summed E-state index contributed by atoms with van der Waals surface area (Å²) in [6.45, 7) is 2.85. The summed E-state index contributed by atoms with van der Waals surface area (Å²) in [6, 6.07) is 15.1. The van der Waals surface area contributed by atoms with E-state index in [4.69, 9.17) is 5.73 Å². The molecule has 0 saturated carbocycles. The minimum atomic E-state index is 0.689. The van der Waals surface area contributed by atoms with Crippen LogP contribution in [0.3, 0.4) is 0 Å². The molecule has 0 bridgehead atoms. The lowest BCUT2D eigenvalue weighted by molar-refractivity contribution is 0.960. The minimum absolute atomic E-state index is 0.689. The van der Waals surface area contributed by atoms with E-state index in [1.807, 2.05) is 11.8 Å². The molecule has 0 aromatic heterocycles. The average Bonchev–Trinajstić information content (AvgIpc) is 2.41. The first kappa shape index (κ1) is 14.6. The van der Waals surface area contributed by atoms with Gasteiger partial charge in [0.05, 0.1) is 0 Å². The third kappa shape index (κ3) is 4.10. The quantitative estimate of drug-likeness (QED) is 0.811. The Hall–Kier alpha value is -0.770. The van der Waals surface area contributed by atoms with Crippen LogP contribution in [0.2, 0.25) is 0 Å². The van der Waals surface area contributed by atoms with Crippen LogP contribution in [0.5, 0.6) is 0 Å². The van der Waals surface area contributed by atoms with E-state index >= 15 is 0 Å². The molecule has 19 heavy (non-hydrogen) atoms. The fourth-order valence-corrected chi connectivity index (χ4v) is 3.65. The van der Waals surface area contributed by atoms with Crippen LogP contribution in [0.25, 0.3) is 0 Å². The summed E-state index contributed by atoms with van der Waals surface area (Å²) in [7, 11) is 0. The molecule has 2 aromatic rings. The number of hydrogen-bond donors (Lipinski definition) is 1. The molecule has 100 valence electrons. The van der Waals surface area contributed by atoms with Gasteiger partial charge in [0.25, 0.3) is 0 Å². The largest absolute Gasteiger partial charge is 0.330 e. The Morgan fingerprint density at radius 3 is 2.58 bits per heavy atom. The van der Waals surface area contributed by atoms with E-state index in [9.17, 15) is 0 Å². The first-order valence-corrected chi connectivity index (χ1v) is 8.14. The maximum atomic E-state index is 5.59. The van der Waals surface area contributed by atoms with Gasteiger partial charge in [-0.3, -0.25) is 0 Å². The van der Waals surface area contributed by atoms with Gasteiger partial charge in [0.1, 0.15) is 0 Å². The molecule has 0 aliphatic rings. The maximum absolute atomic E-state index is 5.59. The molecule has 2 aromatic carbocycles. The lowest BCUT2D eigenvalue weighted by Crippen LogP contribution is -2.03. The molecule has 0 heterocycles. The second kappa shape index (κ2) is 7.13. The molecule has 0 atom stereocenters. The summed E-state index contributed by atoms with van der Waals surface area (Å²) in [5, 5.41) is 0. The van der Waals surface area contributed by atoms with Crippen molar-refractivity contribution in [3.05, 3.63) is 63.6 Å². The molecule has 0 fully saturated rings. The monoisotopic (exact) mass is 335 g/mol. The molecule has 1 nitrogen and oxygen atoms in total. The topological polar surface area (TPSA) is 26.0 Å². The lowest BCUT2D eigenvalue weighted by Gasteiger charge is -2.08. The van der Waals surface area contributed by atoms with Crippen molar-refractivity contribution in [2.75, 3.05) is 6.54 Å². The van der Waals surface area contributed by atoms with E-state index in [1.165, 1.54) is 21.6 Å². The number of benzene rings is 2. The Labute approximate surface area is 127 Å². The van der Waals surface area contributed by atoms with Crippen LogP contribution in [0.1, 0.15) is 16.7 Å². The molecule has 0 aliphatic carbocycles. The summed E-state index contributed by atoms with van der Waals surface area (Å²) in [5.41, 5.74) is 9.63. The Morgan fingerprint density at radius 1 is 1.11 bits per heavy atom. The molecule has 0 aliphatic heterocycles. The van der Waals surface area contributed by atoms with Crippen LogP contribution in [0.4, 0.5) is 0 Å². The van der Waals surface area contributed by atoms with E-state index in [1.54, 1.807) is 0 Å². The standard InChI is InChI=1S/C16H18BrNS/c1-12-4-2-3-5-14(12)11-19-15-7-6-13(8-9-18)16(17)10-15/h2-7,10H,8-9,11,18H2,1H3. The van der Waals surface area contributed by atoms with Gasteiger partial charge in [-0.1, -0.05) is 46.3 Å². The first-order valence-electron chi connectivity index (χ1n) is 6.36. The second-order valence-corrected chi connectivity index (χ2v) is 6.41. The number of thioether (sulfide) groups is 1. The van der Waals surface area contributed by atoms with Crippen molar-refractivity contribution in [1.82, 2.24) is 0 Å². The highest BCUT2D eigenvalue weighted by molar-refractivity contribution is 9.10. The van der Waals surface area contributed by atoms with Crippen molar-refractivity contribution < 1.29 is 0 Å². The zero-order chi connectivity index (χ0) is 13.7. The van der Waals surface area contributed by atoms with Crippen molar-refractivity contribution in [1.29, 1.82) is 0 Å². The Morgan fingerprint density at radius 2 is 1.89 bits per heavy atom. The van der Waals surface area contributed by atoms with Crippen LogP contribution in [-0.4, -0.2) is 6.54 Å². The summed E-state index contributed by atoms with van der Waals surface area (Å²) >= 11 is 5.49. The van der Waals surface area contributed by atoms with Gasteiger partial charge in [-0.15, -0.1) is 11.8 Å². The number of nitrogens with two attached hydrogens (primary N) is 1. The normalized spacial score (nSPS) is 10.7. The predicted octanol–water partition coefficient (Wildman–Crippen LogP) is 4.55. The van der Waals surface area contributed by atoms with Crippen molar-refractivity contribution in [3.63, 3.8) is 0 Å². The molecule has 2 rings (SSSR count). The van der Waals surface area contributed by atoms with Gasteiger partial charge in [-0.2, -0.15) is 0 Å². The summed E-state index contributed by atoms with van der Waals surface area (Å²) in [4.78, 5) is 1.29. The van der Waals surface area contributed by atoms with Crippen molar-refractivity contribution >= 4 is 27.7 Å². The number of aryl methyl sites for hydroxylation is 1. The van der Waals surface area contributed by atoms with Gasteiger partial charge in [-0.25, -0.2) is 0 Å². The van der Waals surface area contributed by atoms with Crippen molar-refractivity contribution in [3.8, 4) is 0 Å². The Kier molecular flexibility index (Phi) is 5.49. The Bertz CT molecular complexity index is 554. The first-order chi connectivity index (χ1) is 9.20. The van der Waals surface area contributed by atoms with E-state index < -0.39 is 0 Å². The molecule has 2 N–H and O–H groups in total. The fraction of sp³-hybridized carbons (Fsp3) is 0.250. The van der Waals surface area contributed by atoms with Crippen molar-refractivity contribution in [2.45, 2.75) is 24.0 Å². The van der Waals surface area contributed by atoms with Crippen LogP contribution in [0.15, 0.2) is 51.8 Å². The van der Waals surface area contributed by atoms with E-state index in [0.29, 0.717) is 6.54 Å².